The number of aryl methyl sites for hydroxylation is 1. The minimum Gasteiger partial charge on any atom is -0.288 e. The Morgan fingerprint density at radius 1 is 1.12 bits per heavy atom. The molecule has 1 aliphatic rings. The van der Waals surface area contributed by atoms with E-state index in [4.69, 9.17) is 5.21 Å². The van der Waals surface area contributed by atoms with Crippen molar-refractivity contribution in [1.29, 1.82) is 0 Å². The van der Waals surface area contributed by atoms with Crippen LogP contribution < -0.4 is 5.48 Å². The van der Waals surface area contributed by atoms with Gasteiger partial charge in [0.25, 0.3) is 5.91 Å². The number of nitrogens with one attached hydrogen (secondary N) is 1. The Hall–Kier alpha value is -2.22. The smallest absolute Gasteiger partial charge is 0.274 e. The third-order valence-corrected chi connectivity index (χ3v) is 6.07. The first kappa shape index (κ1) is 16.6. The van der Waals surface area contributed by atoms with Gasteiger partial charge in [-0.2, -0.15) is 4.31 Å². The number of hydroxylamine groups is 1. The maximum Gasteiger partial charge on any atom is 0.274 e. The number of hydrogen-bond donors (Lipinski definition) is 2. The molecule has 0 spiro atoms. The summed E-state index contributed by atoms with van der Waals surface area (Å²) in [5.41, 5.74) is 4.75. The van der Waals surface area contributed by atoms with Gasteiger partial charge >= 0.3 is 0 Å². The molecular formula is C17H18N2O4S. The molecule has 2 N–H and O–H groups in total. The molecule has 1 aliphatic heterocycles. The number of amides is 1. The van der Waals surface area contributed by atoms with Crippen molar-refractivity contribution in [3.05, 3.63) is 64.7 Å². The molecule has 24 heavy (non-hydrogen) atoms. The van der Waals surface area contributed by atoms with Crippen LogP contribution in [0.3, 0.4) is 0 Å². The van der Waals surface area contributed by atoms with Crippen molar-refractivity contribution < 1.29 is 18.4 Å². The standard InChI is InChI=1S/C17H18N2O4S/c1-12-2-6-16(7-3-12)24(22,23)19-9-8-13-10-14(17(20)18-21)4-5-15(13)11-19/h2-7,10,21H,8-9,11H2,1H3,(H,18,20). The summed E-state index contributed by atoms with van der Waals surface area (Å²) >= 11 is 0. The van der Waals surface area contributed by atoms with Gasteiger partial charge in [-0.25, -0.2) is 13.9 Å². The van der Waals surface area contributed by atoms with Crippen LogP contribution in [-0.2, 0) is 23.0 Å². The van der Waals surface area contributed by atoms with Gasteiger partial charge in [0.1, 0.15) is 0 Å². The minimum atomic E-state index is -3.54. The van der Waals surface area contributed by atoms with E-state index < -0.39 is 15.9 Å². The molecule has 0 saturated heterocycles. The van der Waals surface area contributed by atoms with E-state index in [2.05, 4.69) is 0 Å². The predicted octanol–water partition coefficient (Wildman–Crippen LogP) is 1.86. The van der Waals surface area contributed by atoms with Crippen LogP contribution in [0.4, 0.5) is 0 Å². The van der Waals surface area contributed by atoms with Crippen molar-refractivity contribution in [2.45, 2.75) is 24.8 Å². The lowest BCUT2D eigenvalue weighted by Crippen LogP contribution is -2.36. The first-order valence-electron chi connectivity index (χ1n) is 7.55. The molecule has 0 saturated carbocycles. The van der Waals surface area contributed by atoms with E-state index in [0.29, 0.717) is 18.5 Å². The van der Waals surface area contributed by atoms with Crippen molar-refractivity contribution in [2.24, 2.45) is 0 Å². The Labute approximate surface area is 140 Å². The summed E-state index contributed by atoms with van der Waals surface area (Å²) in [7, 11) is -3.54. The number of carbonyl (C=O) groups is 1. The topological polar surface area (TPSA) is 86.7 Å². The fraction of sp³-hybridized carbons (Fsp3) is 0.235. The lowest BCUT2D eigenvalue weighted by atomic mass is 9.98. The number of carbonyl (C=O) groups excluding carboxylic acids is 1. The van der Waals surface area contributed by atoms with E-state index in [1.807, 2.05) is 6.92 Å². The Balaban J connectivity index is 1.87. The van der Waals surface area contributed by atoms with Gasteiger partial charge in [0, 0.05) is 18.7 Å². The van der Waals surface area contributed by atoms with Gasteiger partial charge in [0.15, 0.2) is 0 Å². The van der Waals surface area contributed by atoms with Gasteiger partial charge in [-0.1, -0.05) is 23.8 Å². The highest BCUT2D eigenvalue weighted by atomic mass is 32.2. The zero-order valence-electron chi connectivity index (χ0n) is 13.2. The molecular weight excluding hydrogens is 328 g/mol. The summed E-state index contributed by atoms with van der Waals surface area (Å²) in [5, 5.41) is 8.70. The Bertz CT molecular complexity index is 876. The summed E-state index contributed by atoms with van der Waals surface area (Å²) in [6, 6.07) is 11.8. The first-order valence-corrected chi connectivity index (χ1v) is 8.99. The molecule has 0 radical (unpaired) electrons. The predicted molar refractivity (Wildman–Crippen MR) is 88.2 cm³/mol. The average molecular weight is 346 g/mol. The van der Waals surface area contributed by atoms with E-state index in [1.54, 1.807) is 47.9 Å². The number of benzene rings is 2. The van der Waals surface area contributed by atoms with Gasteiger partial charge in [-0.05, 0) is 48.7 Å². The highest BCUT2D eigenvalue weighted by Gasteiger charge is 2.28. The summed E-state index contributed by atoms with van der Waals surface area (Å²) < 4.78 is 27.0. The highest BCUT2D eigenvalue weighted by molar-refractivity contribution is 7.89. The first-order chi connectivity index (χ1) is 11.4. The third kappa shape index (κ3) is 3.06. The lowest BCUT2D eigenvalue weighted by molar-refractivity contribution is 0.0706. The largest absolute Gasteiger partial charge is 0.288 e. The van der Waals surface area contributed by atoms with Crippen molar-refractivity contribution in [2.75, 3.05) is 6.54 Å². The monoisotopic (exact) mass is 346 g/mol. The van der Waals surface area contributed by atoms with Crippen LogP contribution in [0.1, 0.15) is 27.0 Å². The van der Waals surface area contributed by atoms with Gasteiger partial charge in [0.2, 0.25) is 10.0 Å². The summed E-state index contributed by atoms with van der Waals surface area (Å²) in [6.45, 7) is 2.54. The molecule has 6 nitrogen and oxygen atoms in total. The van der Waals surface area contributed by atoms with Crippen LogP contribution >= 0.6 is 0 Å². The van der Waals surface area contributed by atoms with Crippen LogP contribution in [0.15, 0.2) is 47.4 Å². The van der Waals surface area contributed by atoms with E-state index in [-0.39, 0.29) is 11.4 Å². The van der Waals surface area contributed by atoms with Crippen LogP contribution in [0, 0.1) is 6.92 Å². The normalized spacial score (nSPS) is 14.9. The number of fused-ring (bicyclic) bond motifs is 1. The van der Waals surface area contributed by atoms with E-state index >= 15 is 0 Å². The zero-order valence-corrected chi connectivity index (χ0v) is 14.0. The Morgan fingerprint density at radius 2 is 1.83 bits per heavy atom. The van der Waals surface area contributed by atoms with Crippen LogP contribution in [0.2, 0.25) is 0 Å². The molecule has 2 aromatic carbocycles. The average Bonchev–Trinajstić information content (AvgIpc) is 2.60. The van der Waals surface area contributed by atoms with Crippen molar-refractivity contribution in [1.82, 2.24) is 9.79 Å². The molecule has 0 atom stereocenters. The molecule has 2 aromatic rings. The summed E-state index contributed by atoms with van der Waals surface area (Å²) in [6.07, 6.45) is 0.521. The molecule has 7 heteroatoms. The maximum atomic E-state index is 12.8. The lowest BCUT2D eigenvalue weighted by Gasteiger charge is -2.28. The number of sulfonamides is 1. The van der Waals surface area contributed by atoms with Crippen LogP contribution in [0.25, 0.3) is 0 Å². The van der Waals surface area contributed by atoms with E-state index in [9.17, 15) is 13.2 Å². The third-order valence-electron chi connectivity index (χ3n) is 4.21. The second-order valence-electron chi connectivity index (χ2n) is 5.83. The summed E-state index contributed by atoms with van der Waals surface area (Å²) in [4.78, 5) is 11.8. The summed E-state index contributed by atoms with van der Waals surface area (Å²) in [5.74, 6) is -0.576. The molecule has 1 amide bonds. The molecule has 0 unspecified atom stereocenters. The SMILES string of the molecule is Cc1ccc(S(=O)(=O)N2CCc3cc(C(=O)NO)ccc3C2)cc1. The molecule has 3 rings (SSSR count). The number of rotatable bonds is 3. The minimum absolute atomic E-state index is 0.270. The van der Waals surface area contributed by atoms with Crippen LogP contribution in [0.5, 0.6) is 0 Å². The highest BCUT2D eigenvalue weighted by Crippen LogP contribution is 2.26. The second kappa shape index (κ2) is 6.35. The Morgan fingerprint density at radius 3 is 2.50 bits per heavy atom. The van der Waals surface area contributed by atoms with Gasteiger partial charge in [-0.3, -0.25) is 10.0 Å². The van der Waals surface area contributed by atoms with Gasteiger partial charge in [0.05, 0.1) is 4.90 Å². The van der Waals surface area contributed by atoms with Crippen LogP contribution in [-0.4, -0.2) is 30.4 Å². The van der Waals surface area contributed by atoms with Gasteiger partial charge < -0.3 is 0 Å². The molecule has 0 fully saturated rings. The molecule has 126 valence electrons. The molecule has 0 aromatic heterocycles. The fourth-order valence-corrected chi connectivity index (χ4v) is 4.22. The molecule has 1 heterocycles. The number of hydrogen-bond acceptors (Lipinski definition) is 4. The number of nitrogens with zero attached hydrogens (tertiary/aromatic N) is 1. The molecule has 0 aliphatic carbocycles. The fourth-order valence-electron chi connectivity index (χ4n) is 2.80. The van der Waals surface area contributed by atoms with E-state index in [1.165, 1.54) is 4.31 Å². The zero-order chi connectivity index (χ0) is 17.3. The maximum absolute atomic E-state index is 12.8. The van der Waals surface area contributed by atoms with Crippen molar-refractivity contribution >= 4 is 15.9 Å². The Kier molecular flexibility index (Phi) is 4.40. The van der Waals surface area contributed by atoms with Crippen molar-refractivity contribution in [3.8, 4) is 0 Å². The molecule has 0 bridgehead atoms. The van der Waals surface area contributed by atoms with Gasteiger partial charge in [-0.15, -0.1) is 0 Å². The second-order valence-corrected chi connectivity index (χ2v) is 7.76. The quantitative estimate of drug-likeness (QED) is 0.656. The van der Waals surface area contributed by atoms with Crippen molar-refractivity contribution in [3.63, 3.8) is 0 Å². The van der Waals surface area contributed by atoms with E-state index in [0.717, 1.165) is 16.7 Å².